The smallest absolute Gasteiger partial charge is 0.243 e. The second-order valence-electron chi connectivity index (χ2n) is 6.35. The molecular weight excluding hydrogens is 320 g/mol. The van der Waals surface area contributed by atoms with Crippen molar-refractivity contribution in [3.8, 4) is 0 Å². The Bertz CT molecular complexity index is 652. The van der Waals surface area contributed by atoms with Crippen LogP contribution in [0.1, 0.15) is 18.1 Å². The topological polar surface area (TPSA) is 81.8 Å². The van der Waals surface area contributed by atoms with Crippen LogP contribution in [0.25, 0.3) is 0 Å². The lowest BCUT2D eigenvalue weighted by atomic mass is 10.1. The van der Waals surface area contributed by atoms with Gasteiger partial charge in [0.15, 0.2) is 0 Å². The molecule has 1 fully saturated rings. The molecule has 0 aromatic heterocycles. The monoisotopic (exact) mass is 346 g/mol. The normalized spacial score (nSPS) is 14.9. The highest BCUT2D eigenvalue weighted by molar-refractivity contribution is 5.95. The number of carbonyl (C=O) groups excluding carboxylic acids is 3. The maximum absolute atomic E-state index is 12.0. The van der Waals surface area contributed by atoms with Crippen LogP contribution in [0.2, 0.25) is 0 Å². The van der Waals surface area contributed by atoms with Crippen LogP contribution in [0.4, 0.5) is 5.69 Å². The van der Waals surface area contributed by atoms with E-state index in [4.69, 9.17) is 0 Å². The summed E-state index contributed by atoms with van der Waals surface area (Å²) >= 11 is 0. The Kier molecular flexibility index (Phi) is 6.52. The first-order valence-electron chi connectivity index (χ1n) is 8.47. The van der Waals surface area contributed by atoms with Crippen molar-refractivity contribution in [2.75, 3.05) is 44.6 Å². The molecule has 2 rings (SSSR count). The zero-order valence-electron chi connectivity index (χ0n) is 15.1. The van der Waals surface area contributed by atoms with Crippen molar-refractivity contribution in [2.45, 2.75) is 20.8 Å². The third-order valence-electron chi connectivity index (χ3n) is 4.51. The van der Waals surface area contributed by atoms with Crippen molar-refractivity contribution >= 4 is 23.4 Å². The molecule has 1 heterocycles. The molecule has 136 valence electrons. The number of amides is 3. The lowest BCUT2D eigenvalue weighted by Gasteiger charge is -2.33. The molecule has 2 N–H and O–H groups in total. The van der Waals surface area contributed by atoms with Crippen LogP contribution < -0.4 is 10.6 Å². The van der Waals surface area contributed by atoms with Crippen LogP contribution in [0.3, 0.4) is 0 Å². The molecule has 1 aromatic rings. The van der Waals surface area contributed by atoms with Crippen molar-refractivity contribution in [1.82, 2.24) is 15.1 Å². The minimum Gasteiger partial charge on any atom is -0.346 e. The number of rotatable bonds is 5. The summed E-state index contributed by atoms with van der Waals surface area (Å²) in [4.78, 5) is 39.0. The van der Waals surface area contributed by atoms with Gasteiger partial charge in [-0.15, -0.1) is 0 Å². The predicted octanol–water partition coefficient (Wildman–Crippen LogP) is 0.522. The number of hydrogen-bond acceptors (Lipinski definition) is 4. The molecule has 0 saturated carbocycles. The number of carbonyl (C=O) groups is 3. The summed E-state index contributed by atoms with van der Waals surface area (Å²) < 4.78 is 0. The minimum absolute atomic E-state index is 0.0559. The first kappa shape index (κ1) is 18.9. The van der Waals surface area contributed by atoms with Crippen molar-refractivity contribution in [3.05, 3.63) is 29.3 Å². The van der Waals surface area contributed by atoms with Gasteiger partial charge in [0.2, 0.25) is 17.7 Å². The van der Waals surface area contributed by atoms with Gasteiger partial charge < -0.3 is 15.5 Å². The Morgan fingerprint density at radius 2 is 1.72 bits per heavy atom. The maximum atomic E-state index is 12.0. The van der Waals surface area contributed by atoms with Crippen LogP contribution in [0.15, 0.2) is 18.2 Å². The number of nitrogens with zero attached hydrogens (tertiary/aromatic N) is 2. The van der Waals surface area contributed by atoms with Gasteiger partial charge in [0, 0.05) is 38.8 Å². The summed E-state index contributed by atoms with van der Waals surface area (Å²) in [7, 11) is 0. The number of piperazine rings is 1. The predicted molar refractivity (Wildman–Crippen MR) is 96.2 cm³/mol. The van der Waals surface area contributed by atoms with Crippen LogP contribution in [-0.2, 0) is 14.4 Å². The fourth-order valence-corrected chi connectivity index (χ4v) is 2.74. The minimum atomic E-state index is -0.247. The van der Waals surface area contributed by atoms with Crippen LogP contribution in [0, 0.1) is 13.8 Å². The molecule has 1 saturated heterocycles. The Hall–Kier alpha value is -2.41. The van der Waals surface area contributed by atoms with E-state index in [2.05, 4.69) is 10.6 Å². The highest BCUT2D eigenvalue weighted by atomic mass is 16.2. The number of hydrogen-bond donors (Lipinski definition) is 2. The molecule has 25 heavy (non-hydrogen) atoms. The van der Waals surface area contributed by atoms with Gasteiger partial charge in [0.05, 0.1) is 13.1 Å². The van der Waals surface area contributed by atoms with Gasteiger partial charge in [0.25, 0.3) is 0 Å². The lowest BCUT2D eigenvalue weighted by Crippen LogP contribution is -2.51. The maximum Gasteiger partial charge on any atom is 0.243 e. The molecule has 3 amide bonds. The van der Waals surface area contributed by atoms with Crippen LogP contribution >= 0.6 is 0 Å². The Balaban J connectivity index is 1.72. The largest absolute Gasteiger partial charge is 0.346 e. The van der Waals surface area contributed by atoms with Crippen molar-refractivity contribution in [2.24, 2.45) is 0 Å². The van der Waals surface area contributed by atoms with Crippen LogP contribution in [-0.4, -0.2) is 66.8 Å². The molecule has 7 nitrogen and oxygen atoms in total. The van der Waals surface area contributed by atoms with E-state index in [9.17, 15) is 14.4 Å². The molecule has 0 atom stereocenters. The lowest BCUT2D eigenvalue weighted by molar-refractivity contribution is -0.131. The van der Waals surface area contributed by atoms with E-state index in [1.807, 2.05) is 36.9 Å². The van der Waals surface area contributed by atoms with Gasteiger partial charge in [-0.1, -0.05) is 12.1 Å². The SMILES string of the molecule is CC(=O)N1CCN(CC(=O)NCC(=O)Nc2cccc(C)c2C)CC1. The molecule has 1 aromatic carbocycles. The summed E-state index contributed by atoms with van der Waals surface area (Å²) in [6, 6.07) is 5.71. The summed E-state index contributed by atoms with van der Waals surface area (Å²) in [5.41, 5.74) is 2.89. The van der Waals surface area contributed by atoms with Gasteiger partial charge in [-0.25, -0.2) is 0 Å². The third-order valence-corrected chi connectivity index (χ3v) is 4.51. The van der Waals surface area contributed by atoms with Gasteiger partial charge in [0.1, 0.15) is 0 Å². The molecule has 0 spiro atoms. The number of benzene rings is 1. The summed E-state index contributed by atoms with van der Waals surface area (Å²) in [6.07, 6.45) is 0. The summed E-state index contributed by atoms with van der Waals surface area (Å²) in [5.74, 6) is -0.372. The summed E-state index contributed by atoms with van der Waals surface area (Å²) in [5, 5.41) is 5.46. The second-order valence-corrected chi connectivity index (χ2v) is 6.35. The second kappa shape index (κ2) is 8.62. The summed E-state index contributed by atoms with van der Waals surface area (Å²) in [6.45, 7) is 8.27. The van der Waals surface area contributed by atoms with E-state index in [1.54, 1.807) is 11.8 Å². The number of anilines is 1. The van der Waals surface area contributed by atoms with E-state index in [1.165, 1.54) is 0 Å². The number of nitrogens with one attached hydrogen (secondary N) is 2. The Morgan fingerprint density at radius 1 is 1.04 bits per heavy atom. The zero-order chi connectivity index (χ0) is 18.4. The molecular formula is C18H26N4O3. The van der Waals surface area contributed by atoms with E-state index >= 15 is 0 Å². The van der Waals surface area contributed by atoms with Crippen molar-refractivity contribution in [1.29, 1.82) is 0 Å². The molecule has 0 unspecified atom stereocenters. The van der Waals surface area contributed by atoms with E-state index in [0.717, 1.165) is 16.8 Å². The number of aryl methyl sites for hydroxylation is 1. The zero-order valence-corrected chi connectivity index (χ0v) is 15.1. The Morgan fingerprint density at radius 3 is 2.36 bits per heavy atom. The highest BCUT2D eigenvalue weighted by Crippen LogP contribution is 2.17. The fraction of sp³-hybridized carbons (Fsp3) is 0.500. The first-order valence-corrected chi connectivity index (χ1v) is 8.47. The molecule has 1 aliphatic heterocycles. The quantitative estimate of drug-likeness (QED) is 0.815. The van der Waals surface area contributed by atoms with Crippen molar-refractivity contribution < 1.29 is 14.4 Å². The van der Waals surface area contributed by atoms with E-state index in [0.29, 0.717) is 26.2 Å². The van der Waals surface area contributed by atoms with E-state index < -0.39 is 0 Å². The average Bonchev–Trinajstić information content (AvgIpc) is 2.58. The van der Waals surface area contributed by atoms with Gasteiger partial charge in [-0.2, -0.15) is 0 Å². The fourth-order valence-electron chi connectivity index (χ4n) is 2.74. The standard InChI is InChI=1S/C18H26N4O3/c1-13-5-4-6-16(14(13)2)20-17(24)11-19-18(25)12-21-7-9-22(10-8-21)15(3)23/h4-6H,7-12H2,1-3H3,(H,19,25)(H,20,24). The molecule has 0 aliphatic carbocycles. The molecule has 0 radical (unpaired) electrons. The molecule has 7 heteroatoms. The third kappa shape index (κ3) is 5.56. The molecule has 1 aliphatic rings. The van der Waals surface area contributed by atoms with Crippen molar-refractivity contribution in [3.63, 3.8) is 0 Å². The molecule has 0 bridgehead atoms. The Labute approximate surface area is 148 Å². The van der Waals surface area contributed by atoms with E-state index in [-0.39, 0.29) is 30.8 Å². The van der Waals surface area contributed by atoms with Crippen LogP contribution in [0.5, 0.6) is 0 Å². The van der Waals surface area contributed by atoms with Gasteiger partial charge in [-0.05, 0) is 31.0 Å². The van der Waals surface area contributed by atoms with Gasteiger partial charge >= 0.3 is 0 Å². The highest BCUT2D eigenvalue weighted by Gasteiger charge is 2.20. The van der Waals surface area contributed by atoms with Gasteiger partial charge in [-0.3, -0.25) is 19.3 Å². The average molecular weight is 346 g/mol. The first-order chi connectivity index (χ1) is 11.9.